The number of rotatable bonds is 3. The first kappa shape index (κ1) is 12.8. The van der Waals surface area contributed by atoms with E-state index < -0.39 is 0 Å². The molecule has 0 spiro atoms. The molecule has 0 fully saturated rings. The predicted octanol–water partition coefficient (Wildman–Crippen LogP) is 3.09. The Kier molecular flexibility index (Phi) is 4.11. The summed E-state index contributed by atoms with van der Waals surface area (Å²) in [5.41, 5.74) is 1.07. The number of carbonyl (C=O) groups is 1. The lowest BCUT2D eigenvalue weighted by atomic mass is 9.97. The van der Waals surface area contributed by atoms with Crippen LogP contribution < -0.4 is 5.32 Å². The molecule has 1 aromatic carbocycles. The highest BCUT2D eigenvalue weighted by Gasteiger charge is 2.16. The molecule has 1 N–H and O–H groups in total. The molecule has 0 aliphatic rings. The molecule has 2 heteroatoms. The predicted molar refractivity (Wildman–Crippen MR) is 67.4 cm³/mol. The summed E-state index contributed by atoms with van der Waals surface area (Å²) in [6.07, 6.45) is 0.543. The second kappa shape index (κ2) is 5.15. The van der Waals surface area contributed by atoms with Crippen molar-refractivity contribution in [3.8, 4) is 0 Å². The average molecular weight is 219 g/mol. The zero-order valence-corrected chi connectivity index (χ0v) is 10.6. The molecular formula is C14H21NO. The Morgan fingerprint density at radius 3 is 2.31 bits per heavy atom. The Morgan fingerprint density at radius 2 is 1.81 bits per heavy atom. The molecule has 88 valence electrons. The van der Waals surface area contributed by atoms with Gasteiger partial charge >= 0.3 is 0 Å². The first-order chi connectivity index (χ1) is 7.38. The molecule has 0 saturated carbocycles. The fraction of sp³-hybridized carbons (Fsp3) is 0.500. The molecule has 1 amide bonds. The van der Waals surface area contributed by atoms with Gasteiger partial charge in [-0.25, -0.2) is 0 Å². The van der Waals surface area contributed by atoms with Crippen LogP contribution in [0, 0.1) is 0 Å². The Labute approximate surface area is 98.1 Å². The van der Waals surface area contributed by atoms with E-state index in [1.54, 1.807) is 0 Å². The van der Waals surface area contributed by atoms with Gasteiger partial charge in [0.15, 0.2) is 0 Å². The highest BCUT2D eigenvalue weighted by Crippen LogP contribution is 2.18. The fourth-order valence-electron chi connectivity index (χ4n) is 1.65. The van der Waals surface area contributed by atoms with Gasteiger partial charge < -0.3 is 5.32 Å². The van der Waals surface area contributed by atoms with Crippen LogP contribution in [-0.2, 0) is 4.79 Å². The van der Waals surface area contributed by atoms with Crippen molar-refractivity contribution in [2.75, 3.05) is 0 Å². The maximum Gasteiger partial charge on any atom is 0.220 e. The Balaban J connectivity index is 2.52. The van der Waals surface area contributed by atoms with Crippen molar-refractivity contribution in [2.24, 2.45) is 0 Å². The van der Waals surface area contributed by atoms with Crippen molar-refractivity contribution >= 4 is 5.91 Å². The summed E-state index contributed by atoms with van der Waals surface area (Å²) in [6.45, 7) is 8.08. The number of benzene rings is 1. The molecule has 1 rings (SSSR count). The molecule has 2 nitrogen and oxygen atoms in total. The molecule has 0 radical (unpaired) electrons. The average Bonchev–Trinajstić information content (AvgIpc) is 2.16. The standard InChI is InChI=1S/C14H21NO/c1-11(12-8-6-5-7-9-12)10-13(16)15-14(2,3)4/h5-9,11H,10H2,1-4H3,(H,15,16)/t11-/m1/s1. The van der Waals surface area contributed by atoms with Crippen LogP contribution in [0.4, 0.5) is 0 Å². The molecule has 0 saturated heterocycles. The lowest BCUT2D eigenvalue weighted by Crippen LogP contribution is -2.40. The van der Waals surface area contributed by atoms with E-state index in [-0.39, 0.29) is 17.4 Å². The van der Waals surface area contributed by atoms with Gasteiger partial charge in [0.25, 0.3) is 0 Å². The van der Waals surface area contributed by atoms with Crippen molar-refractivity contribution < 1.29 is 4.79 Å². The second-order valence-corrected chi connectivity index (χ2v) is 5.31. The maximum atomic E-state index is 11.7. The molecule has 1 aromatic rings. The van der Waals surface area contributed by atoms with E-state index in [0.717, 1.165) is 0 Å². The summed E-state index contributed by atoms with van der Waals surface area (Å²) in [5, 5.41) is 2.98. The van der Waals surface area contributed by atoms with Crippen LogP contribution in [0.5, 0.6) is 0 Å². The number of amides is 1. The van der Waals surface area contributed by atoms with Gasteiger partial charge in [-0.1, -0.05) is 37.3 Å². The third kappa shape index (κ3) is 4.47. The van der Waals surface area contributed by atoms with Gasteiger partial charge in [-0.2, -0.15) is 0 Å². The SMILES string of the molecule is C[C@H](CC(=O)NC(C)(C)C)c1ccccc1. The lowest BCUT2D eigenvalue weighted by Gasteiger charge is -2.22. The molecule has 1 atom stereocenters. The number of nitrogens with one attached hydrogen (secondary N) is 1. The quantitative estimate of drug-likeness (QED) is 0.831. The molecule has 0 aromatic heterocycles. The third-order valence-corrected chi connectivity index (χ3v) is 2.37. The van der Waals surface area contributed by atoms with E-state index in [0.29, 0.717) is 6.42 Å². The molecule has 16 heavy (non-hydrogen) atoms. The normalized spacial score (nSPS) is 13.2. The minimum Gasteiger partial charge on any atom is -0.351 e. The van der Waals surface area contributed by atoms with Crippen molar-refractivity contribution in [3.63, 3.8) is 0 Å². The summed E-state index contributed by atoms with van der Waals surface area (Å²) >= 11 is 0. The molecule has 0 aliphatic heterocycles. The van der Waals surface area contributed by atoms with E-state index in [1.165, 1.54) is 5.56 Å². The zero-order valence-electron chi connectivity index (χ0n) is 10.6. The van der Waals surface area contributed by atoms with E-state index >= 15 is 0 Å². The number of hydrogen-bond acceptors (Lipinski definition) is 1. The Morgan fingerprint density at radius 1 is 1.25 bits per heavy atom. The highest BCUT2D eigenvalue weighted by molar-refractivity contribution is 5.77. The maximum absolute atomic E-state index is 11.7. The number of carbonyl (C=O) groups excluding carboxylic acids is 1. The van der Waals surface area contributed by atoms with Crippen molar-refractivity contribution in [1.82, 2.24) is 5.32 Å². The third-order valence-electron chi connectivity index (χ3n) is 2.37. The number of hydrogen-bond donors (Lipinski definition) is 1. The van der Waals surface area contributed by atoms with Gasteiger partial charge in [-0.05, 0) is 32.3 Å². The van der Waals surface area contributed by atoms with Crippen LogP contribution >= 0.6 is 0 Å². The van der Waals surface area contributed by atoms with E-state index in [2.05, 4.69) is 24.4 Å². The van der Waals surface area contributed by atoms with Crippen molar-refractivity contribution in [1.29, 1.82) is 0 Å². The minimum absolute atomic E-state index is 0.115. The lowest BCUT2D eigenvalue weighted by molar-refractivity contribution is -0.122. The van der Waals surface area contributed by atoms with Crippen LogP contribution in [0.3, 0.4) is 0 Å². The summed E-state index contributed by atoms with van der Waals surface area (Å²) in [6, 6.07) is 10.1. The first-order valence-electron chi connectivity index (χ1n) is 5.74. The van der Waals surface area contributed by atoms with Gasteiger partial charge in [0.05, 0.1) is 0 Å². The molecule has 0 bridgehead atoms. The van der Waals surface area contributed by atoms with Crippen molar-refractivity contribution in [2.45, 2.75) is 45.6 Å². The summed E-state index contributed by atoms with van der Waals surface area (Å²) in [7, 11) is 0. The smallest absolute Gasteiger partial charge is 0.220 e. The van der Waals surface area contributed by atoms with E-state index in [4.69, 9.17) is 0 Å². The van der Waals surface area contributed by atoms with Gasteiger partial charge in [-0.3, -0.25) is 4.79 Å². The first-order valence-corrected chi connectivity index (χ1v) is 5.74. The fourth-order valence-corrected chi connectivity index (χ4v) is 1.65. The Bertz CT molecular complexity index is 338. The van der Waals surface area contributed by atoms with E-state index in [9.17, 15) is 4.79 Å². The monoisotopic (exact) mass is 219 g/mol. The summed E-state index contributed by atoms with van der Waals surface area (Å²) in [4.78, 5) is 11.7. The summed E-state index contributed by atoms with van der Waals surface area (Å²) in [5.74, 6) is 0.382. The molecular weight excluding hydrogens is 198 g/mol. The van der Waals surface area contributed by atoms with Gasteiger partial charge in [0.2, 0.25) is 5.91 Å². The molecule has 0 unspecified atom stereocenters. The largest absolute Gasteiger partial charge is 0.351 e. The van der Waals surface area contributed by atoms with Crippen LogP contribution in [0.2, 0.25) is 0 Å². The van der Waals surface area contributed by atoms with Gasteiger partial charge in [-0.15, -0.1) is 0 Å². The van der Waals surface area contributed by atoms with Gasteiger partial charge in [0, 0.05) is 12.0 Å². The summed E-state index contributed by atoms with van der Waals surface area (Å²) < 4.78 is 0. The minimum atomic E-state index is -0.145. The van der Waals surface area contributed by atoms with Crippen molar-refractivity contribution in [3.05, 3.63) is 35.9 Å². The molecule has 0 aliphatic carbocycles. The molecule has 0 heterocycles. The van der Waals surface area contributed by atoms with Gasteiger partial charge in [0.1, 0.15) is 0 Å². The van der Waals surface area contributed by atoms with E-state index in [1.807, 2.05) is 39.0 Å². The zero-order chi connectivity index (χ0) is 12.2. The topological polar surface area (TPSA) is 29.1 Å². The second-order valence-electron chi connectivity index (χ2n) is 5.31. The van der Waals surface area contributed by atoms with Crippen LogP contribution in [0.1, 0.15) is 45.6 Å². The van der Waals surface area contributed by atoms with Crippen LogP contribution in [0.25, 0.3) is 0 Å². The highest BCUT2D eigenvalue weighted by atomic mass is 16.1. The van der Waals surface area contributed by atoms with Crippen LogP contribution in [-0.4, -0.2) is 11.4 Å². The van der Waals surface area contributed by atoms with Crippen LogP contribution in [0.15, 0.2) is 30.3 Å². The Hall–Kier alpha value is -1.31.